The van der Waals surface area contributed by atoms with Gasteiger partial charge in [0.2, 0.25) is 0 Å². The lowest BCUT2D eigenvalue weighted by atomic mass is 9.81. The van der Waals surface area contributed by atoms with Gasteiger partial charge in [0, 0.05) is 11.7 Å². The summed E-state index contributed by atoms with van der Waals surface area (Å²) >= 11 is 0. The Labute approximate surface area is 125 Å². The zero-order valence-electron chi connectivity index (χ0n) is 13.7. The summed E-state index contributed by atoms with van der Waals surface area (Å²) in [5.74, 6) is 1.76. The Bertz CT molecular complexity index is 422. The van der Waals surface area contributed by atoms with Crippen molar-refractivity contribution in [2.45, 2.75) is 72.3 Å². The molecule has 1 aliphatic rings. The Morgan fingerprint density at radius 2 is 2.05 bits per heavy atom. The van der Waals surface area contributed by atoms with Crippen LogP contribution in [0, 0.1) is 18.8 Å². The number of nitrogens with one attached hydrogen (secondary N) is 1. The maximum absolute atomic E-state index is 3.87. The van der Waals surface area contributed by atoms with Crippen LogP contribution in [0.2, 0.25) is 0 Å². The van der Waals surface area contributed by atoms with Crippen LogP contribution in [-0.4, -0.2) is 6.04 Å². The third-order valence-corrected chi connectivity index (χ3v) is 4.68. The van der Waals surface area contributed by atoms with Gasteiger partial charge in [-0.25, -0.2) is 0 Å². The molecule has 1 aromatic rings. The van der Waals surface area contributed by atoms with Gasteiger partial charge in [-0.05, 0) is 55.6 Å². The lowest BCUT2D eigenvalue weighted by molar-refractivity contribution is 0.289. The molecule has 112 valence electrons. The molecule has 20 heavy (non-hydrogen) atoms. The summed E-state index contributed by atoms with van der Waals surface area (Å²) in [6.45, 7) is 9.19. The van der Waals surface area contributed by atoms with Gasteiger partial charge in [-0.1, -0.05) is 51.8 Å². The van der Waals surface area contributed by atoms with Crippen molar-refractivity contribution in [3.63, 3.8) is 0 Å². The van der Waals surface area contributed by atoms with E-state index in [4.69, 9.17) is 0 Å². The van der Waals surface area contributed by atoms with Crippen molar-refractivity contribution in [1.82, 2.24) is 0 Å². The zero-order chi connectivity index (χ0) is 14.5. The van der Waals surface area contributed by atoms with E-state index < -0.39 is 0 Å². The summed E-state index contributed by atoms with van der Waals surface area (Å²) in [7, 11) is 0. The molecule has 0 heterocycles. The second-order valence-electron chi connectivity index (χ2n) is 6.97. The molecule has 0 spiro atoms. The number of anilines is 1. The Kier molecular flexibility index (Phi) is 5.51. The lowest BCUT2D eigenvalue weighted by Crippen LogP contribution is -2.28. The highest BCUT2D eigenvalue weighted by Crippen LogP contribution is 2.32. The smallest absolute Gasteiger partial charge is 0.0404 e. The lowest BCUT2D eigenvalue weighted by Gasteiger charge is -2.32. The van der Waals surface area contributed by atoms with Gasteiger partial charge in [0.1, 0.15) is 0 Å². The van der Waals surface area contributed by atoms with Crippen LogP contribution in [0.5, 0.6) is 0 Å². The summed E-state index contributed by atoms with van der Waals surface area (Å²) in [6, 6.07) is 7.36. The van der Waals surface area contributed by atoms with E-state index in [0.29, 0.717) is 6.04 Å². The first-order valence-electron chi connectivity index (χ1n) is 8.45. The van der Waals surface area contributed by atoms with Crippen molar-refractivity contribution in [2.24, 2.45) is 11.8 Å². The molecular formula is C19H31N. The molecule has 2 atom stereocenters. The van der Waals surface area contributed by atoms with E-state index in [1.54, 1.807) is 0 Å². The van der Waals surface area contributed by atoms with Crippen molar-refractivity contribution in [2.75, 3.05) is 5.32 Å². The molecule has 0 amide bonds. The highest BCUT2D eigenvalue weighted by atomic mass is 14.9. The van der Waals surface area contributed by atoms with Gasteiger partial charge in [0.05, 0.1) is 0 Å². The Hall–Kier alpha value is -0.980. The topological polar surface area (TPSA) is 12.0 Å². The molecule has 1 nitrogen and oxygen atoms in total. The molecule has 0 radical (unpaired) electrons. The SMILES string of the molecule is CCc1cccc(C)c1NC1CCCC(CC(C)C)C1. The van der Waals surface area contributed by atoms with Crippen molar-refractivity contribution in [3.8, 4) is 0 Å². The monoisotopic (exact) mass is 273 g/mol. The molecule has 0 saturated heterocycles. The molecule has 2 unspecified atom stereocenters. The van der Waals surface area contributed by atoms with E-state index in [-0.39, 0.29) is 0 Å². The molecule has 0 aromatic heterocycles. The van der Waals surface area contributed by atoms with E-state index in [0.717, 1.165) is 18.3 Å². The van der Waals surface area contributed by atoms with Gasteiger partial charge in [0.25, 0.3) is 0 Å². The molecule has 1 aromatic carbocycles. The fraction of sp³-hybridized carbons (Fsp3) is 0.684. The van der Waals surface area contributed by atoms with Gasteiger partial charge in [-0.15, -0.1) is 0 Å². The molecule has 1 aliphatic carbocycles. The second kappa shape index (κ2) is 7.15. The molecular weight excluding hydrogens is 242 g/mol. The first kappa shape index (κ1) is 15.4. The van der Waals surface area contributed by atoms with Crippen LogP contribution in [0.25, 0.3) is 0 Å². The van der Waals surface area contributed by atoms with Crippen LogP contribution in [0.15, 0.2) is 18.2 Å². The number of hydrogen-bond acceptors (Lipinski definition) is 1. The Balaban J connectivity index is 2.02. The fourth-order valence-electron chi connectivity index (χ4n) is 3.74. The van der Waals surface area contributed by atoms with Crippen molar-refractivity contribution >= 4 is 5.69 Å². The molecule has 0 aliphatic heterocycles. The first-order valence-corrected chi connectivity index (χ1v) is 8.45. The largest absolute Gasteiger partial charge is 0.382 e. The summed E-state index contributed by atoms with van der Waals surface area (Å²) in [5.41, 5.74) is 4.27. The Morgan fingerprint density at radius 3 is 2.75 bits per heavy atom. The van der Waals surface area contributed by atoms with Crippen molar-refractivity contribution in [3.05, 3.63) is 29.3 Å². The third-order valence-electron chi connectivity index (χ3n) is 4.68. The molecule has 1 saturated carbocycles. The second-order valence-corrected chi connectivity index (χ2v) is 6.97. The van der Waals surface area contributed by atoms with E-state index >= 15 is 0 Å². The summed E-state index contributed by atoms with van der Waals surface area (Å²) in [6.07, 6.45) is 8.04. The van der Waals surface area contributed by atoms with Crippen LogP contribution in [0.1, 0.15) is 64.0 Å². The minimum absolute atomic E-state index is 0.680. The average Bonchev–Trinajstić information content (AvgIpc) is 2.41. The third kappa shape index (κ3) is 4.01. The summed E-state index contributed by atoms with van der Waals surface area (Å²) in [4.78, 5) is 0. The van der Waals surface area contributed by atoms with Gasteiger partial charge >= 0.3 is 0 Å². The van der Waals surface area contributed by atoms with Gasteiger partial charge in [0.15, 0.2) is 0 Å². The van der Waals surface area contributed by atoms with Crippen LogP contribution in [-0.2, 0) is 6.42 Å². The van der Waals surface area contributed by atoms with Gasteiger partial charge < -0.3 is 5.32 Å². The van der Waals surface area contributed by atoms with Gasteiger partial charge in [-0.3, -0.25) is 0 Å². The predicted octanol–water partition coefficient (Wildman–Crippen LogP) is 5.57. The molecule has 0 bridgehead atoms. The maximum Gasteiger partial charge on any atom is 0.0404 e. The number of aryl methyl sites for hydroxylation is 2. The minimum atomic E-state index is 0.680. The Morgan fingerprint density at radius 1 is 1.25 bits per heavy atom. The predicted molar refractivity (Wildman–Crippen MR) is 89.4 cm³/mol. The van der Waals surface area contributed by atoms with Crippen LogP contribution < -0.4 is 5.32 Å². The maximum atomic E-state index is 3.87. The first-order chi connectivity index (χ1) is 9.60. The summed E-state index contributed by atoms with van der Waals surface area (Å²) < 4.78 is 0. The standard InChI is InChI=1S/C19H31N/c1-5-17-10-6-8-15(4)19(17)20-18-11-7-9-16(13-18)12-14(2)3/h6,8,10,14,16,18,20H,5,7,9,11-13H2,1-4H3. The van der Waals surface area contributed by atoms with Crippen LogP contribution in [0.3, 0.4) is 0 Å². The molecule has 1 fully saturated rings. The molecule has 1 N–H and O–H groups in total. The quantitative estimate of drug-likeness (QED) is 0.739. The van der Waals surface area contributed by atoms with E-state index in [2.05, 4.69) is 51.2 Å². The van der Waals surface area contributed by atoms with Crippen molar-refractivity contribution in [1.29, 1.82) is 0 Å². The van der Waals surface area contributed by atoms with E-state index in [1.807, 2.05) is 0 Å². The minimum Gasteiger partial charge on any atom is -0.382 e. The summed E-state index contributed by atoms with van der Waals surface area (Å²) in [5, 5.41) is 3.87. The normalized spacial score (nSPS) is 23.1. The van der Waals surface area contributed by atoms with E-state index in [9.17, 15) is 0 Å². The van der Waals surface area contributed by atoms with Crippen LogP contribution in [0.4, 0.5) is 5.69 Å². The van der Waals surface area contributed by atoms with Crippen molar-refractivity contribution < 1.29 is 0 Å². The number of benzene rings is 1. The average molecular weight is 273 g/mol. The molecule has 2 rings (SSSR count). The number of para-hydroxylation sites is 1. The number of rotatable bonds is 5. The van der Waals surface area contributed by atoms with Gasteiger partial charge in [-0.2, -0.15) is 0 Å². The fourth-order valence-corrected chi connectivity index (χ4v) is 3.74. The van der Waals surface area contributed by atoms with E-state index in [1.165, 1.54) is 48.9 Å². The zero-order valence-corrected chi connectivity index (χ0v) is 13.7. The number of hydrogen-bond donors (Lipinski definition) is 1. The highest BCUT2D eigenvalue weighted by molar-refractivity contribution is 5.57. The highest BCUT2D eigenvalue weighted by Gasteiger charge is 2.23. The molecule has 1 heteroatoms. The van der Waals surface area contributed by atoms with Crippen LogP contribution >= 0.6 is 0 Å².